The Morgan fingerprint density at radius 1 is 0.800 bits per heavy atom. The summed E-state index contributed by atoms with van der Waals surface area (Å²) in [7, 11) is 4.62. The molecule has 0 aromatic carbocycles. The van der Waals surface area contributed by atoms with Crippen molar-refractivity contribution in [2.75, 3.05) is 14.1 Å². The van der Waals surface area contributed by atoms with Crippen LogP contribution in [0.2, 0.25) is 0 Å². The lowest BCUT2D eigenvalue weighted by atomic mass is 9.44. The highest BCUT2D eigenvalue weighted by molar-refractivity contribution is 5.10. The van der Waals surface area contributed by atoms with Crippen LogP contribution in [0.15, 0.2) is 0 Å². The van der Waals surface area contributed by atoms with Gasteiger partial charge in [-0.1, -0.05) is 53.9 Å². The summed E-state index contributed by atoms with van der Waals surface area (Å²) in [5.41, 5.74) is 1.31. The average Bonchev–Trinajstić information content (AvgIpc) is 3.04. The Morgan fingerprint density at radius 2 is 1.50 bits per heavy atom. The van der Waals surface area contributed by atoms with E-state index in [0.29, 0.717) is 10.8 Å². The van der Waals surface area contributed by atoms with Gasteiger partial charge < -0.3 is 4.90 Å². The van der Waals surface area contributed by atoms with Crippen LogP contribution in [0.25, 0.3) is 0 Å². The van der Waals surface area contributed by atoms with Gasteiger partial charge in [-0.2, -0.15) is 0 Å². The molecule has 0 aromatic heterocycles. The highest BCUT2D eigenvalue weighted by Crippen LogP contribution is 2.68. The first-order chi connectivity index (χ1) is 14.2. The monoisotopic (exact) mass is 415 g/mol. The summed E-state index contributed by atoms with van der Waals surface area (Å²) in [6, 6.07) is 0.844. The Labute approximate surface area is 189 Å². The fourth-order valence-electron chi connectivity index (χ4n) is 9.73. The van der Waals surface area contributed by atoms with E-state index in [1.165, 1.54) is 57.8 Å². The summed E-state index contributed by atoms with van der Waals surface area (Å²) < 4.78 is 0. The summed E-state index contributed by atoms with van der Waals surface area (Å²) >= 11 is 0. The maximum Gasteiger partial charge on any atom is 0.00922 e. The lowest BCUT2D eigenvalue weighted by molar-refractivity contribution is -0.122. The first-order valence-corrected chi connectivity index (χ1v) is 13.8. The van der Waals surface area contributed by atoms with Gasteiger partial charge in [-0.3, -0.25) is 0 Å². The molecule has 174 valence electrons. The van der Waals surface area contributed by atoms with Crippen LogP contribution in [0.4, 0.5) is 0 Å². The average molecular weight is 416 g/mol. The molecule has 4 rings (SSSR count). The normalized spacial score (nSPS) is 47.1. The van der Waals surface area contributed by atoms with Crippen molar-refractivity contribution in [3.63, 3.8) is 0 Å². The van der Waals surface area contributed by atoms with Crippen molar-refractivity contribution in [1.29, 1.82) is 0 Å². The summed E-state index contributed by atoms with van der Waals surface area (Å²) in [5, 5.41) is 0. The molecule has 9 atom stereocenters. The molecular weight excluding hydrogens is 362 g/mol. The van der Waals surface area contributed by atoms with Crippen LogP contribution in [-0.2, 0) is 0 Å². The molecule has 0 amide bonds. The highest BCUT2D eigenvalue weighted by atomic mass is 15.1. The minimum atomic E-state index is 0.651. The van der Waals surface area contributed by atoms with E-state index in [1.54, 1.807) is 19.3 Å². The summed E-state index contributed by atoms with van der Waals surface area (Å²) in [6.45, 7) is 12.9. The third-order valence-corrected chi connectivity index (χ3v) is 11.6. The zero-order valence-electron chi connectivity index (χ0n) is 21.6. The van der Waals surface area contributed by atoms with Crippen molar-refractivity contribution < 1.29 is 0 Å². The van der Waals surface area contributed by atoms with E-state index in [1.807, 2.05) is 0 Å². The van der Waals surface area contributed by atoms with Crippen LogP contribution < -0.4 is 0 Å². The highest BCUT2D eigenvalue weighted by Gasteiger charge is 2.60. The largest absolute Gasteiger partial charge is 0.306 e. The van der Waals surface area contributed by atoms with Crippen LogP contribution in [-0.4, -0.2) is 25.0 Å². The third-order valence-electron chi connectivity index (χ3n) is 11.6. The van der Waals surface area contributed by atoms with Gasteiger partial charge >= 0.3 is 0 Å². The molecule has 0 radical (unpaired) electrons. The Hall–Kier alpha value is -0.0400. The number of fused-ring (bicyclic) bond motifs is 5. The van der Waals surface area contributed by atoms with Gasteiger partial charge in [0.1, 0.15) is 0 Å². The molecule has 4 saturated carbocycles. The summed E-state index contributed by atoms with van der Waals surface area (Å²) in [5.74, 6) is 6.94. The van der Waals surface area contributed by atoms with Crippen LogP contribution in [0.3, 0.4) is 0 Å². The zero-order chi connectivity index (χ0) is 21.7. The molecule has 30 heavy (non-hydrogen) atoms. The summed E-state index contributed by atoms with van der Waals surface area (Å²) in [4.78, 5) is 2.52. The molecule has 0 N–H and O–H groups in total. The Balaban J connectivity index is 1.45. The van der Waals surface area contributed by atoms with Crippen LogP contribution >= 0.6 is 0 Å². The van der Waals surface area contributed by atoms with Gasteiger partial charge in [0.25, 0.3) is 0 Å². The van der Waals surface area contributed by atoms with Crippen molar-refractivity contribution in [1.82, 2.24) is 4.90 Å². The smallest absolute Gasteiger partial charge is 0.00922 e. The maximum atomic E-state index is 2.75. The topological polar surface area (TPSA) is 3.24 Å². The quantitative estimate of drug-likeness (QED) is 0.424. The van der Waals surface area contributed by atoms with Gasteiger partial charge in [0, 0.05) is 6.04 Å². The van der Waals surface area contributed by atoms with Crippen molar-refractivity contribution >= 4 is 0 Å². The minimum Gasteiger partial charge on any atom is -0.306 e. The number of rotatable bonds is 6. The molecule has 4 unspecified atom stereocenters. The van der Waals surface area contributed by atoms with E-state index in [9.17, 15) is 0 Å². The van der Waals surface area contributed by atoms with E-state index in [4.69, 9.17) is 0 Å². The Morgan fingerprint density at radius 3 is 2.20 bits per heavy atom. The number of hydrogen-bond donors (Lipinski definition) is 0. The molecule has 4 aliphatic rings. The SMILES string of the molecule is CC(C)CCC[C@@H](C)[C@H]1CCC2C3CCC4C[C@@H](N(C)C)CC[C@]4(C)C3CC[C@@]21C. The first kappa shape index (κ1) is 23.1. The molecule has 0 aliphatic heterocycles. The standard InChI is InChI=1S/C29H53N/c1-20(2)9-8-10-21(3)25-13-14-26-24-12-11-22-19-23(30(6)7)15-17-28(22,4)27(24)16-18-29(25,26)5/h20-27H,8-19H2,1-7H3/t21-,22?,23+,24?,25-,26?,27?,28+,29-/m1/s1. The Bertz CT molecular complexity index is 581. The second kappa shape index (κ2) is 8.72. The van der Waals surface area contributed by atoms with Gasteiger partial charge in [-0.15, -0.1) is 0 Å². The van der Waals surface area contributed by atoms with E-state index in [0.717, 1.165) is 47.5 Å². The van der Waals surface area contributed by atoms with Crippen LogP contribution in [0, 0.1) is 52.3 Å². The van der Waals surface area contributed by atoms with E-state index in [2.05, 4.69) is 53.6 Å². The van der Waals surface area contributed by atoms with E-state index in [-0.39, 0.29) is 0 Å². The lowest BCUT2D eigenvalue weighted by Gasteiger charge is -2.61. The number of nitrogens with zero attached hydrogens (tertiary/aromatic N) is 1. The van der Waals surface area contributed by atoms with E-state index >= 15 is 0 Å². The van der Waals surface area contributed by atoms with Crippen molar-refractivity contribution in [3.05, 3.63) is 0 Å². The van der Waals surface area contributed by atoms with E-state index < -0.39 is 0 Å². The predicted molar refractivity (Wildman–Crippen MR) is 131 cm³/mol. The van der Waals surface area contributed by atoms with Gasteiger partial charge in [0.15, 0.2) is 0 Å². The molecule has 0 bridgehead atoms. The Kier molecular flexibility index (Phi) is 6.72. The van der Waals surface area contributed by atoms with Crippen LogP contribution in [0.5, 0.6) is 0 Å². The molecule has 0 saturated heterocycles. The van der Waals surface area contributed by atoms with Crippen molar-refractivity contribution in [2.24, 2.45) is 52.3 Å². The second-order valence-electron chi connectivity index (χ2n) is 13.6. The molecule has 0 heterocycles. The second-order valence-corrected chi connectivity index (χ2v) is 13.6. The molecule has 1 nitrogen and oxygen atoms in total. The fourth-order valence-corrected chi connectivity index (χ4v) is 9.73. The molecule has 4 aliphatic carbocycles. The van der Waals surface area contributed by atoms with Gasteiger partial charge in [0.05, 0.1) is 0 Å². The lowest BCUT2D eigenvalue weighted by Crippen LogP contribution is -2.55. The predicted octanol–water partition coefficient (Wildman–Crippen LogP) is 8.04. The zero-order valence-corrected chi connectivity index (χ0v) is 21.6. The molecule has 1 heteroatoms. The molecule has 0 spiro atoms. The van der Waals surface area contributed by atoms with Crippen molar-refractivity contribution in [3.8, 4) is 0 Å². The van der Waals surface area contributed by atoms with Gasteiger partial charge in [-0.05, 0) is 124 Å². The fraction of sp³-hybridized carbons (Fsp3) is 1.00. The van der Waals surface area contributed by atoms with Gasteiger partial charge in [-0.25, -0.2) is 0 Å². The molecule has 4 fully saturated rings. The molecular formula is C29H53N. The van der Waals surface area contributed by atoms with Crippen molar-refractivity contribution in [2.45, 2.75) is 118 Å². The minimum absolute atomic E-state index is 0.651. The molecule has 0 aromatic rings. The third kappa shape index (κ3) is 3.92. The number of hydrogen-bond acceptors (Lipinski definition) is 1. The first-order valence-electron chi connectivity index (χ1n) is 13.8. The summed E-state index contributed by atoms with van der Waals surface area (Å²) in [6.07, 6.45) is 18.0. The van der Waals surface area contributed by atoms with Gasteiger partial charge in [0.2, 0.25) is 0 Å². The maximum absolute atomic E-state index is 2.75. The van der Waals surface area contributed by atoms with Crippen LogP contribution in [0.1, 0.15) is 112 Å².